The maximum absolute atomic E-state index is 10.8. The minimum atomic E-state index is 0.120. The van der Waals surface area contributed by atoms with Gasteiger partial charge in [-0.1, -0.05) is 26.7 Å². The molecule has 4 nitrogen and oxygen atoms in total. The van der Waals surface area contributed by atoms with Crippen LogP contribution < -0.4 is 10.6 Å². The second kappa shape index (κ2) is 11.5. The topological polar surface area (TPSA) is 58.2 Å². The summed E-state index contributed by atoms with van der Waals surface area (Å²) in [7, 11) is 0. The van der Waals surface area contributed by atoms with Gasteiger partial charge in [0.15, 0.2) is 0 Å². The van der Waals surface area contributed by atoms with Gasteiger partial charge in [-0.3, -0.25) is 9.59 Å². The van der Waals surface area contributed by atoms with Gasteiger partial charge in [0.25, 0.3) is 0 Å². The summed E-state index contributed by atoms with van der Waals surface area (Å²) in [5.74, 6) is 2.06. The van der Waals surface area contributed by atoms with E-state index in [0.717, 1.165) is 11.8 Å². The van der Waals surface area contributed by atoms with Crippen molar-refractivity contribution < 1.29 is 9.59 Å². The third-order valence-corrected chi connectivity index (χ3v) is 5.66. The lowest BCUT2D eigenvalue weighted by atomic mass is 9.84. The van der Waals surface area contributed by atoms with Crippen LogP contribution in [0.1, 0.15) is 91.9 Å². The normalized spacial score (nSPS) is 29.8. The third kappa shape index (κ3) is 8.70. The summed E-state index contributed by atoms with van der Waals surface area (Å²) in [6, 6.07) is 0.926. The molecule has 0 heterocycles. The van der Waals surface area contributed by atoms with Crippen LogP contribution in [0, 0.1) is 11.8 Å². The van der Waals surface area contributed by atoms with Crippen LogP contribution >= 0.6 is 0 Å². The first kappa shape index (κ1) is 21.0. The molecule has 0 aromatic heterocycles. The van der Waals surface area contributed by atoms with Crippen molar-refractivity contribution in [1.29, 1.82) is 0 Å². The van der Waals surface area contributed by atoms with Gasteiger partial charge >= 0.3 is 0 Å². The maximum Gasteiger partial charge on any atom is 0.217 e. The summed E-state index contributed by atoms with van der Waals surface area (Å²) in [6.45, 7) is 7.71. The third-order valence-electron chi connectivity index (χ3n) is 5.66. The second-order valence-corrected chi connectivity index (χ2v) is 7.65. The van der Waals surface area contributed by atoms with E-state index in [9.17, 15) is 9.59 Å². The van der Waals surface area contributed by atoms with Gasteiger partial charge in [0.2, 0.25) is 11.8 Å². The van der Waals surface area contributed by atoms with Crippen LogP contribution in [-0.4, -0.2) is 23.9 Å². The number of hydrogen-bond donors (Lipinski definition) is 2. The highest BCUT2D eigenvalue weighted by atomic mass is 16.2. The van der Waals surface area contributed by atoms with Gasteiger partial charge in [-0.25, -0.2) is 0 Å². The van der Waals surface area contributed by atoms with E-state index in [0.29, 0.717) is 12.1 Å². The van der Waals surface area contributed by atoms with Gasteiger partial charge in [0, 0.05) is 25.9 Å². The minimum Gasteiger partial charge on any atom is -0.354 e. The summed E-state index contributed by atoms with van der Waals surface area (Å²) in [4.78, 5) is 21.5. The molecule has 2 saturated carbocycles. The minimum absolute atomic E-state index is 0.120. The van der Waals surface area contributed by atoms with E-state index in [-0.39, 0.29) is 11.8 Å². The molecule has 2 aliphatic carbocycles. The average Bonchev–Trinajstić information content (AvgIpc) is 2.56. The molecule has 0 saturated heterocycles. The first-order valence-electron chi connectivity index (χ1n) is 9.98. The molecule has 4 heteroatoms. The van der Waals surface area contributed by atoms with E-state index in [1.807, 2.05) is 0 Å². The van der Waals surface area contributed by atoms with Crippen LogP contribution in [0.2, 0.25) is 0 Å². The fourth-order valence-corrected chi connectivity index (χ4v) is 4.00. The van der Waals surface area contributed by atoms with Crippen molar-refractivity contribution in [3.8, 4) is 0 Å². The maximum atomic E-state index is 10.8. The lowest BCUT2D eigenvalue weighted by molar-refractivity contribution is -0.120. The predicted molar refractivity (Wildman–Crippen MR) is 99.7 cm³/mol. The molecular weight excluding hydrogens is 300 g/mol. The molecule has 0 unspecified atom stereocenters. The number of rotatable bonds is 4. The van der Waals surface area contributed by atoms with Crippen molar-refractivity contribution in [3.63, 3.8) is 0 Å². The fraction of sp³-hybridized carbons (Fsp3) is 0.900. The monoisotopic (exact) mass is 338 g/mol. The number of amides is 2. The van der Waals surface area contributed by atoms with Crippen molar-refractivity contribution >= 4 is 11.8 Å². The molecule has 0 spiro atoms. The molecule has 0 bridgehead atoms. The van der Waals surface area contributed by atoms with Gasteiger partial charge in [0.05, 0.1) is 0 Å². The molecule has 2 amide bonds. The second-order valence-electron chi connectivity index (χ2n) is 7.65. The van der Waals surface area contributed by atoms with Gasteiger partial charge in [-0.05, 0) is 63.2 Å². The Morgan fingerprint density at radius 2 is 0.958 bits per heavy atom. The van der Waals surface area contributed by atoms with Crippen LogP contribution in [0.15, 0.2) is 0 Å². The highest BCUT2D eigenvalue weighted by Crippen LogP contribution is 2.27. The Labute approximate surface area is 148 Å². The molecule has 24 heavy (non-hydrogen) atoms. The van der Waals surface area contributed by atoms with Crippen LogP contribution in [0.25, 0.3) is 0 Å². The summed E-state index contributed by atoms with van der Waals surface area (Å²) in [6.07, 6.45) is 12.5. The van der Waals surface area contributed by atoms with Crippen molar-refractivity contribution in [2.45, 2.75) is 104 Å². The molecule has 0 aliphatic heterocycles. The molecule has 0 radical (unpaired) electrons. The van der Waals surface area contributed by atoms with Crippen LogP contribution in [0.5, 0.6) is 0 Å². The van der Waals surface area contributed by atoms with Crippen LogP contribution in [0.3, 0.4) is 0 Å². The number of carbonyl (C=O) groups excluding carboxylic acids is 2. The lowest BCUT2D eigenvalue weighted by Gasteiger charge is -2.27. The summed E-state index contributed by atoms with van der Waals surface area (Å²) in [5.41, 5.74) is 0. The molecule has 0 atom stereocenters. The van der Waals surface area contributed by atoms with Gasteiger partial charge in [-0.15, -0.1) is 0 Å². The van der Waals surface area contributed by atoms with Crippen LogP contribution in [0.4, 0.5) is 0 Å². The van der Waals surface area contributed by atoms with Crippen molar-refractivity contribution in [2.24, 2.45) is 11.8 Å². The Hall–Kier alpha value is -1.06. The van der Waals surface area contributed by atoms with Crippen molar-refractivity contribution in [2.75, 3.05) is 0 Å². The largest absolute Gasteiger partial charge is 0.354 e. The average molecular weight is 339 g/mol. The quantitative estimate of drug-likeness (QED) is 0.808. The van der Waals surface area contributed by atoms with E-state index in [2.05, 4.69) is 24.5 Å². The van der Waals surface area contributed by atoms with E-state index >= 15 is 0 Å². The molecule has 2 aliphatic rings. The molecule has 140 valence electrons. The number of carbonyl (C=O) groups is 2. The molecule has 0 aromatic rings. The van der Waals surface area contributed by atoms with Crippen molar-refractivity contribution in [3.05, 3.63) is 0 Å². The SMILES string of the molecule is CCC1CCC(NC(C)=O)CC1.CCC1CCC(NC(C)=O)CC1. The Balaban J connectivity index is 0.000000240. The van der Waals surface area contributed by atoms with E-state index in [4.69, 9.17) is 0 Å². The Kier molecular flexibility index (Phi) is 10.0. The van der Waals surface area contributed by atoms with Gasteiger partial charge in [0.1, 0.15) is 0 Å². The highest BCUT2D eigenvalue weighted by Gasteiger charge is 2.20. The van der Waals surface area contributed by atoms with Gasteiger partial charge in [-0.2, -0.15) is 0 Å². The predicted octanol–water partition coefficient (Wildman–Crippen LogP) is 4.18. The Bertz CT molecular complexity index is 332. The zero-order valence-corrected chi connectivity index (χ0v) is 16.2. The zero-order valence-electron chi connectivity index (χ0n) is 16.2. The lowest BCUT2D eigenvalue weighted by Crippen LogP contribution is -2.36. The molecule has 2 fully saturated rings. The smallest absolute Gasteiger partial charge is 0.217 e. The summed E-state index contributed by atoms with van der Waals surface area (Å²) >= 11 is 0. The molecule has 2 N–H and O–H groups in total. The number of nitrogens with one attached hydrogen (secondary N) is 2. The Morgan fingerprint density at radius 3 is 1.17 bits per heavy atom. The highest BCUT2D eigenvalue weighted by molar-refractivity contribution is 5.73. The molecular formula is C20H38N2O2. The van der Waals surface area contributed by atoms with Crippen LogP contribution in [-0.2, 0) is 9.59 Å². The molecule has 0 aromatic carbocycles. The summed E-state index contributed by atoms with van der Waals surface area (Å²) in [5, 5.41) is 5.97. The first-order valence-corrected chi connectivity index (χ1v) is 9.98. The zero-order chi connectivity index (χ0) is 17.9. The Morgan fingerprint density at radius 1 is 0.667 bits per heavy atom. The van der Waals surface area contributed by atoms with Crippen molar-refractivity contribution in [1.82, 2.24) is 10.6 Å². The van der Waals surface area contributed by atoms with Gasteiger partial charge < -0.3 is 10.6 Å². The van der Waals surface area contributed by atoms with E-state index in [1.54, 1.807) is 13.8 Å². The van der Waals surface area contributed by atoms with E-state index in [1.165, 1.54) is 64.2 Å². The van der Waals surface area contributed by atoms with E-state index < -0.39 is 0 Å². The summed E-state index contributed by atoms with van der Waals surface area (Å²) < 4.78 is 0. The molecule has 2 rings (SSSR count). The fourth-order valence-electron chi connectivity index (χ4n) is 4.00. The number of hydrogen-bond acceptors (Lipinski definition) is 2. The standard InChI is InChI=1S/2C10H19NO/c2*1-3-9-4-6-10(7-5-9)11-8(2)12/h2*9-10H,3-7H2,1-2H3,(H,11,12). The first-order chi connectivity index (χ1) is 11.4.